The fraction of sp³-hybridized carbons (Fsp3) is 0.100. The van der Waals surface area contributed by atoms with Crippen LogP contribution < -0.4 is 11.1 Å². The van der Waals surface area contributed by atoms with Gasteiger partial charge in [-0.15, -0.1) is 11.3 Å². The summed E-state index contributed by atoms with van der Waals surface area (Å²) in [4.78, 5) is 18.6. The average Bonchev–Trinajstić information content (AvgIpc) is 2.89. The molecule has 0 spiro atoms. The van der Waals surface area contributed by atoms with Gasteiger partial charge in [0.1, 0.15) is 9.71 Å². The van der Waals surface area contributed by atoms with Crippen molar-refractivity contribution in [3.63, 3.8) is 0 Å². The van der Waals surface area contributed by atoms with E-state index in [1.54, 1.807) is 0 Å². The Kier molecular flexibility index (Phi) is 3.66. The minimum Gasteiger partial charge on any atom is -0.397 e. The van der Waals surface area contributed by atoms with Crippen LogP contribution in [-0.2, 0) is 0 Å². The van der Waals surface area contributed by atoms with Gasteiger partial charge >= 0.3 is 0 Å². The van der Waals surface area contributed by atoms with Gasteiger partial charge < -0.3 is 11.1 Å². The number of carbonyl (C=O) groups excluding carboxylic acids is 1. The highest BCUT2D eigenvalue weighted by Gasteiger charge is 2.18. The number of nitrogens with two attached hydrogens (primary N) is 1. The summed E-state index contributed by atoms with van der Waals surface area (Å²) in [5.41, 5.74) is 10.7. The third-order valence-electron chi connectivity index (χ3n) is 4.15. The zero-order valence-electron chi connectivity index (χ0n) is 14.0. The zero-order chi connectivity index (χ0) is 17.6. The largest absolute Gasteiger partial charge is 0.397 e. The number of thiophene rings is 1. The molecule has 0 radical (unpaired) electrons. The fourth-order valence-corrected chi connectivity index (χ4v) is 3.86. The second kappa shape index (κ2) is 5.86. The number of hydrogen-bond acceptors (Lipinski definition) is 4. The number of fused-ring (bicyclic) bond motifs is 2. The third-order valence-corrected chi connectivity index (χ3v) is 5.27. The molecule has 25 heavy (non-hydrogen) atoms. The Balaban J connectivity index is 1.77. The molecular weight excluding hydrogens is 330 g/mol. The van der Waals surface area contributed by atoms with Gasteiger partial charge in [0.15, 0.2) is 0 Å². The molecule has 0 saturated heterocycles. The molecule has 4 rings (SSSR count). The van der Waals surface area contributed by atoms with Crippen LogP contribution in [0.5, 0.6) is 0 Å². The quantitative estimate of drug-likeness (QED) is 0.542. The second-order valence-corrected chi connectivity index (χ2v) is 7.20. The van der Waals surface area contributed by atoms with Crippen LogP contribution in [0, 0.1) is 13.8 Å². The highest BCUT2D eigenvalue weighted by molar-refractivity contribution is 7.21. The first-order valence-electron chi connectivity index (χ1n) is 7.99. The fourth-order valence-electron chi connectivity index (χ4n) is 2.88. The number of pyridine rings is 1. The SMILES string of the molecule is Cc1cccc(NC(=O)c2sc3nc4cc(C)ccc4cc3c2N)c1. The highest BCUT2D eigenvalue weighted by Crippen LogP contribution is 2.35. The minimum absolute atomic E-state index is 0.202. The van der Waals surface area contributed by atoms with Gasteiger partial charge in [-0.2, -0.15) is 0 Å². The summed E-state index contributed by atoms with van der Waals surface area (Å²) < 4.78 is 0. The van der Waals surface area contributed by atoms with Crippen molar-refractivity contribution in [3.05, 3.63) is 64.5 Å². The molecule has 3 N–H and O–H groups in total. The topological polar surface area (TPSA) is 68.0 Å². The molecule has 5 heteroatoms. The Labute approximate surface area is 149 Å². The van der Waals surface area contributed by atoms with Gasteiger partial charge in [0.25, 0.3) is 5.91 Å². The first kappa shape index (κ1) is 15.6. The van der Waals surface area contributed by atoms with Crippen molar-refractivity contribution >= 4 is 49.7 Å². The molecule has 0 aliphatic carbocycles. The lowest BCUT2D eigenvalue weighted by atomic mass is 10.1. The van der Waals surface area contributed by atoms with Gasteiger partial charge in [-0.05, 0) is 49.2 Å². The number of nitrogens with zero attached hydrogens (tertiary/aromatic N) is 1. The summed E-state index contributed by atoms with van der Waals surface area (Å²) in [6.07, 6.45) is 0. The highest BCUT2D eigenvalue weighted by atomic mass is 32.1. The minimum atomic E-state index is -0.202. The molecule has 0 atom stereocenters. The van der Waals surface area contributed by atoms with Crippen molar-refractivity contribution < 1.29 is 4.79 Å². The van der Waals surface area contributed by atoms with Crippen molar-refractivity contribution in [2.45, 2.75) is 13.8 Å². The lowest BCUT2D eigenvalue weighted by Gasteiger charge is -2.05. The van der Waals surface area contributed by atoms with E-state index in [1.165, 1.54) is 11.3 Å². The number of amides is 1. The van der Waals surface area contributed by atoms with Crippen molar-refractivity contribution in [2.75, 3.05) is 11.1 Å². The second-order valence-electron chi connectivity index (χ2n) is 6.21. The van der Waals surface area contributed by atoms with Crippen LogP contribution in [0.1, 0.15) is 20.8 Å². The van der Waals surface area contributed by atoms with Gasteiger partial charge in [-0.3, -0.25) is 4.79 Å². The van der Waals surface area contributed by atoms with E-state index in [9.17, 15) is 4.79 Å². The molecule has 2 aromatic carbocycles. The smallest absolute Gasteiger partial charge is 0.267 e. The van der Waals surface area contributed by atoms with Gasteiger partial charge in [0.2, 0.25) is 0 Å². The Hall–Kier alpha value is -2.92. The lowest BCUT2D eigenvalue weighted by Crippen LogP contribution is -2.11. The molecule has 2 heterocycles. The summed E-state index contributed by atoms with van der Waals surface area (Å²) in [6, 6.07) is 15.8. The van der Waals surface area contributed by atoms with E-state index < -0.39 is 0 Å². The van der Waals surface area contributed by atoms with Crippen LogP contribution in [-0.4, -0.2) is 10.9 Å². The molecule has 1 amide bonds. The molecule has 0 aliphatic rings. The summed E-state index contributed by atoms with van der Waals surface area (Å²) in [6.45, 7) is 4.02. The predicted molar refractivity (Wildman–Crippen MR) is 105 cm³/mol. The molecule has 0 bridgehead atoms. The number of nitrogen functional groups attached to an aromatic ring is 1. The molecule has 0 unspecified atom stereocenters. The van der Waals surface area contributed by atoms with Gasteiger partial charge in [-0.1, -0.05) is 24.3 Å². The maximum Gasteiger partial charge on any atom is 0.267 e. The molecule has 2 aromatic heterocycles. The maximum atomic E-state index is 12.7. The Morgan fingerprint density at radius 3 is 2.68 bits per heavy atom. The summed E-state index contributed by atoms with van der Waals surface area (Å²) in [5.74, 6) is -0.202. The Bertz CT molecular complexity index is 1130. The Morgan fingerprint density at radius 2 is 1.88 bits per heavy atom. The number of hydrogen-bond donors (Lipinski definition) is 2. The van der Waals surface area contributed by atoms with Crippen LogP contribution >= 0.6 is 11.3 Å². The zero-order valence-corrected chi connectivity index (χ0v) is 14.8. The molecular formula is C20H17N3OS. The van der Waals surface area contributed by atoms with Crippen molar-refractivity contribution in [2.24, 2.45) is 0 Å². The average molecular weight is 347 g/mol. The summed E-state index contributed by atoms with van der Waals surface area (Å²) >= 11 is 1.33. The van der Waals surface area contributed by atoms with Gasteiger partial charge in [0, 0.05) is 16.5 Å². The van der Waals surface area contributed by atoms with E-state index in [2.05, 4.69) is 10.3 Å². The first-order valence-corrected chi connectivity index (χ1v) is 8.80. The van der Waals surface area contributed by atoms with Gasteiger partial charge in [0.05, 0.1) is 11.2 Å². The van der Waals surface area contributed by atoms with Crippen molar-refractivity contribution in [1.29, 1.82) is 0 Å². The molecule has 4 aromatic rings. The standard InChI is InChI=1S/C20H17N3OS/c1-11-4-3-5-14(8-11)22-19(24)18-17(21)15-10-13-7-6-12(2)9-16(13)23-20(15)25-18/h3-10H,21H2,1-2H3,(H,22,24). The number of carbonyl (C=O) groups is 1. The van der Waals surface area contributed by atoms with Crippen LogP contribution in [0.4, 0.5) is 11.4 Å². The summed E-state index contributed by atoms with van der Waals surface area (Å²) in [7, 11) is 0. The predicted octanol–water partition coefficient (Wildman–Crippen LogP) is 4.90. The molecule has 0 fully saturated rings. The van der Waals surface area contributed by atoms with Crippen LogP contribution in [0.3, 0.4) is 0 Å². The van der Waals surface area contributed by atoms with Crippen LogP contribution in [0.2, 0.25) is 0 Å². The lowest BCUT2D eigenvalue weighted by molar-refractivity contribution is 0.103. The summed E-state index contributed by atoms with van der Waals surface area (Å²) in [5, 5.41) is 4.77. The van der Waals surface area contributed by atoms with E-state index >= 15 is 0 Å². The third kappa shape index (κ3) is 2.83. The molecule has 4 nitrogen and oxygen atoms in total. The number of anilines is 2. The number of benzene rings is 2. The number of aryl methyl sites for hydroxylation is 2. The van der Waals surface area contributed by atoms with E-state index in [0.29, 0.717) is 10.6 Å². The monoisotopic (exact) mass is 347 g/mol. The molecule has 0 saturated carbocycles. The number of nitrogens with one attached hydrogen (secondary N) is 1. The van der Waals surface area contributed by atoms with E-state index in [1.807, 2.05) is 62.4 Å². The first-order chi connectivity index (χ1) is 12.0. The van der Waals surface area contributed by atoms with Crippen molar-refractivity contribution in [3.8, 4) is 0 Å². The van der Waals surface area contributed by atoms with Crippen LogP contribution in [0.25, 0.3) is 21.1 Å². The Morgan fingerprint density at radius 1 is 1.08 bits per heavy atom. The van der Waals surface area contributed by atoms with E-state index in [4.69, 9.17) is 5.73 Å². The molecule has 124 valence electrons. The normalized spacial score (nSPS) is 11.1. The number of rotatable bonds is 2. The maximum absolute atomic E-state index is 12.7. The van der Waals surface area contributed by atoms with Crippen LogP contribution in [0.15, 0.2) is 48.5 Å². The number of aromatic nitrogens is 1. The molecule has 0 aliphatic heterocycles. The van der Waals surface area contributed by atoms with Crippen molar-refractivity contribution in [1.82, 2.24) is 4.98 Å². The van der Waals surface area contributed by atoms with E-state index in [0.717, 1.165) is 37.9 Å². The van der Waals surface area contributed by atoms with E-state index in [-0.39, 0.29) is 5.91 Å². The van der Waals surface area contributed by atoms with Gasteiger partial charge in [-0.25, -0.2) is 4.98 Å².